The molecule has 4 rings (SSSR count). The first-order chi connectivity index (χ1) is 13.7. The van der Waals surface area contributed by atoms with Gasteiger partial charge in [-0.2, -0.15) is 5.10 Å². The lowest BCUT2D eigenvalue weighted by molar-refractivity contribution is 0.0289. The van der Waals surface area contributed by atoms with Crippen LogP contribution >= 0.6 is 0 Å². The van der Waals surface area contributed by atoms with Crippen molar-refractivity contribution >= 4 is 0 Å². The van der Waals surface area contributed by atoms with Crippen LogP contribution in [0.25, 0.3) is 11.3 Å². The number of hydrogen-bond donors (Lipinski definition) is 2. The Balaban J connectivity index is 1.51. The van der Waals surface area contributed by atoms with E-state index < -0.39 is 0 Å². The van der Waals surface area contributed by atoms with Crippen molar-refractivity contribution < 1.29 is 9.50 Å². The highest BCUT2D eigenvalue weighted by atomic mass is 19.1. The molecule has 146 valence electrons. The maximum atomic E-state index is 13.6. The first-order valence-electron chi connectivity index (χ1n) is 9.83. The van der Waals surface area contributed by atoms with Crippen molar-refractivity contribution in [2.75, 3.05) is 19.7 Å². The van der Waals surface area contributed by atoms with E-state index in [1.807, 2.05) is 18.3 Å². The van der Waals surface area contributed by atoms with Gasteiger partial charge in [0, 0.05) is 29.6 Å². The molecule has 1 fully saturated rings. The number of aliphatic hydroxyl groups is 1. The second kappa shape index (κ2) is 8.25. The van der Waals surface area contributed by atoms with E-state index in [0.717, 1.165) is 55.7 Å². The van der Waals surface area contributed by atoms with Gasteiger partial charge in [-0.05, 0) is 43.5 Å². The van der Waals surface area contributed by atoms with Crippen LogP contribution in [0, 0.1) is 11.2 Å². The number of piperidine rings is 1. The van der Waals surface area contributed by atoms with Crippen molar-refractivity contribution in [2.24, 2.45) is 5.41 Å². The van der Waals surface area contributed by atoms with Crippen molar-refractivity contribution in [3.8, 4) is 11.3 Å². The average Bonchev–Trinajstić information content (AvgIpc) is 3.17. The molecule has 0 amide bonds. The van der Waals surface area contributed by atoms with Gasteiger partial charge in [-0.25, -0.2) is 4.39 Å². The third kappa shape index (κ3) is 4.16. The summed E-state index contributed by atoms with van der Waals surface area (Å²) in [5.41, 5.74) is 3.87. The van der Waals surface area contributed by atoms with E-state index in [-0.39, 0.29) is 17.8 Å². The molecule has 1 aliphatic rings. The Hall–Kier alpha value is -2.50. The number of nitrogens with zero attached hydrogens (tertiary/aromatic N) is 2. The van der Waals surface area contributed by atoms with Gasteiger partial charge in [-0.15, -0.1) is 0 Å². The number of rotatable bonds is 6. The van der Waals surface area contributed by atoms with Crippen LogP contribution in [0.5, 0.6) is 0 Å². The number of aliphatic hydroxyl groups excluding tert-OH is 1. The summed E-state index contributed by atoms with van der Waals surface area (Å²) in [5.74, 6) is -0.252. The highest BCUT2D eigenvalue weighted by molar-refractivity contribution is 5.62. The highest BCUT2D eigenvalue weighted by Gasteiger charge is 2.35. The standard InChI is InChI=1S/C23H26FN3O/c24-21-9-4-8-19(12-21)22-20(14-25-26-22)15-27-11-5-10-23(16-27,17-28)13-18-6-2-1-3-7-18/h1-4,6-9,12,14,28H,5,10-11,13,15-17H2,(H,25,26)/t23-/m1/s1. The molecule has 0 spiro atoms. The third-order valence-corrected chi connectivity index (χ3v) is 5.72. The van der Waals surface area contributed by atoms with Gasteiger partial charge in [0.05, 0.1) is 18.5 Å². The predicted molar refractivity (Wildman–Crippen MR) is 108 cm³/mol. The largest absolute Gasteiger partial charge is 0.396 e. The first kappa shape index (κ1) is 18.8. The summed E-state index contributed by atoms with van der Waals surface area (Å²) < 4.78 is 13.6. The van der Waals surface area contributed by atoms with Crippen LogP contribution in [0.4, 0.5) is 4.39 Å². The molecule has 3 aromatic rings. The molecule has 0 unspecified atom stereocenters. The van der Waals surface area contributed by atoms with Gasteiger partial charge in [0.15, 0.2) is 0 Å². The molecule has 2 N–H and O–H groups in total. The number of nitrogens with one attached hydrogen (secondary N) is 1. The Morgan fingerprint density at radius 2 is 2.00 bits per heavy atom. The molecule has 0 radical (unpaired) electrons. The van der Waals surface area contributed by atoms with Crippen molar-refractivity contribution in [2.45, 2.75) is 25.8 Å². The summed E-state index contributed by atoms with van der Waals surface area (Å²) in [7, 11) is 0. The van der Waals surface area contributed by atoms with Gasteiger partial charge in [0.1, 0.15) is 5.82 Å². The van der Waals surface area contributed by atoms with Gasteiger partial charge >= 0.3 is 0 Å². The molecular weight excluding hydrogens is 353 g/mol. The Kier molecular flexibility index (Phi) is 5.55. The second-order valence-corrected chi connectivity index (χ2v) is 7.92. The predicted octanol–water partition coefficient (Wildman–Crippen LogP) is 4.03. The Morgan fingerprint density at radius 3 is 2.79 bits per heavy atom. The number of benzene rings is 2. The van der Waals surface area contributed by atoms with Crippen LogP contribution in [0.3, 0.4) is 0 Å². The third-order valence-electron chi connectivity index (χ3n) is 5.72. The van der Waals surface area contributed by atoms with Gasteiger partial charge in [-0.3, -0.25) is 10.00 Å². The van der Waals surface area contributed by atoms with E-state index >= 15 is 0 Å². The molecule has 1 aromatic heterocycles. The summed E-state index contributed by atoms with van der Waals surface area (Å²) in [5, 5.41) is 17.4. The molecule has 0 saturated carbocycles. The quantitative estimate of drug-likeness (QED) is 0.680. The minimum Gasteiger partial charge on any atom is -0.396 e. The summed E-state index contributed by atoms with van der Waals surface area (Å²) >= 11 is 0. The number of hydrogen-bond acceptors (Lipinski definition) is 3. The summed E-state index contributed by atoms with van der Waals surface area (Å²) in [6, 6.07) is 17.0. The fourth-order valence-electron chi connectivity index (χ4n) is 4.37. The van der Waals surface area contributed by atoms with Crippen LogP contribution in [-0.4, -0.2) is 39.9 Å². The van der Waals surface area contributed by atoms with Gasteiger partial charge in [-0.1, -0.05) is 42.5 Å². The van der Waals surface area contributed by atoms with E-state index in [9.17, 15) is 9.50 Å². The SMILES string of the molecule is OC[C@@]1(Cc2ccccc2)CCCN(Cc2cn[nH]c2-c2cccc(F)c2)C1. The van der Waals surface area contributed by atoms with Crippen LogP contribution in [0.2, 0.25) is 0 Å². The van der Waals surface area contributed by atoms with Crippen molar-refractivity contribution in [3.63, 3.8) is 0 Å². The maximum Gasteiger partial charge on any atom is 0.123 e. The van der Waals surface area contributed by atoms with E-state index in [1.165, 1.54) is 17.7 Å². The lowest BCUT2D eigenvalue weighted by atomic mass is 9.75. The fourth-order valence-corrected chi connectivity index (χ4v) is 4.37. The maximum absolute atomic E-state index is 13.6. The number of aromatic amines is 1. The molecule has 0 bridgehead atoms. The number of halogens is 1. The average molecular weight is 379 g/mol. The molecule has 0 aliphatic carbocycles. The molecule has 1 saturated heterocycles. The number of aromatic nitrogens is 2. The van der Waals surface area contributed by atoms with E-state index in [0.29, 0.717) is 0 Å². The topological polar surface area (TPSA) is 52.1 Å². The lowest BCUT2D eigenvalue weighted by Gasteiger charge is -2.42. The molecule has 2 heterocycles. The van der Waals surface area contributed by atoms with Crippen LogP contribution in [0.15, 0.2) is 60.8 Å². The molecule has 4 nitrogen and oxygen atoms in total. The fraction of sp³-hybridized carbons (Fsp3) is 0.348. The van der Waals surface area contributed by atoms with Crippen molar-refractivity contribution in [1.82, 2.24) is 15.1 Å². The van der Waals surface area contributed by atoms with Crippen LogP contribution < -0.4 is 0 Å². The van der Waals surface area contributed by atoms with Gasteiger partial charge in [0.2, 0.25) is 0 Å². The van der Waals surface area contributed by atoms with E-state index in [4.69, 9.17) is 0 Å². The molecule has 1 aliphatic heterocycles. The zero-order valence-electron chi connectivity index (χ0n) is 15.9. The first-order valence-corrected chi connectivity index (χ1v) is 9.83. The summed E-state index contributed by atoms with van der Waals surface area (Å²) in [6.07, 6.45) is 4.78. The zero-order valence-corrected chi connectivity index (χ0v) is 15.9. The van der Waals surface area contributed by atoms with Gasteiger partial charge in [0.25, 0.3) is 0 Å². The zero-order chi connectivity index (χ0) is 19.4. The molecule has 5 heteroatoms. The molecule has 1 atom stereocenters. The second-order valence-electron chi connectivity index (χ2n) is 7.92. The molecule has 2 aromatic carbocycles. The van der Waals surface area contributed by atoms with Crippen molar-refractivity contribution in [3.05, 3.63) is 77.7 Å². The van der Waals surface area contributed by atoms with E-state index in [1.54, 1.807) is 6.07 Å². The van der Waals surface area contributed by atoms with E-state index in [2.05, 4.69) is 39.4 Å². The minimum absolute atomic E-state index is 0.123. The van der Waals surface area contributed by atoms with Crippen LogP contribution in [-0.2, 0) is 13.0 Å². The van der Waals surface area contributed by atoms with Crippen LogP contribution in [0.1, 0.15) is 24.0 Å². The molecule has 28 heavy (non-hydrogen) atoms. The Labute approximate surface area is 165 Å². The van der Waals surface area contributed by atoms with Gasteiger partial charge < -0.3 is 5.11 Å². The Bertz CT molecular complexity index is 911. The summed E-state index contributed by atoms with van der Waals surface area (Å²) in [4.78, 5) is 2.39. The highest BCUT2D eigenvalue weighted by Crippen LogP contribution is 2.34. The minimum atomic E-state index is -0.252. The smallest absolute Gasteiger partial charge is 0.123 e. The molecular formula is C23H26FN3O. The summed E-state index contributed by atoms with van der Waals surface area (Å²) in [6.45, 7) is 2.75. The normalized spacial score (nSPS) is 20.4. The number of likely N-dealkylation sites (tertiary alicyclic amines) is 1. The number of H-pyrrole nitrogens is 1. The Morgan fingerprint density at radius 1 is 1.14 bits per heavy atom. The van der Waals surface area contributed by atoms with Crippen molar-refractivity contribution in [1.29, 1.82) is 0 Å². The monoisotopic (exact) mass is 379 g/mol. The lowest BCUT2D eigenvalue weighted by Crippen LogP contribution is -2.46.